The topological polar surface area (TPSA) is 46.3 Å². The molecule has 20 heavy (non-hydrogen) atoms. The van der Waals surface area contributed by atoms with Gasteiger partial charge in [0, 0.05) is 25.0 Å². The fourth-order valence-corrected chi connectivity index (χ4v) is 2.97. The number of nitrogens with two attached hydrogens (primary N) is 1. The van der Waals surface area contributed by atoms with Gasteiger partial charge in [0.15, 0.2) is 11.6 Å². The van der Waals surface area contributed by atoms with Gasteiger partial charge in [-0.25, -0.2) is 8.78 Å². The second-order valence-corrected chi connectivity index (χ2v) is 5.75. The van der Waals surface area contributed by atoms with Gasteiger partial charge < -0.3 is 10.6 Å². The minimum Gasteiger partial charge on any atom is -0.342 e. The van der Waals surface area contributed by atoms with Gasteiger partial charge in [-0.1, -0.05) is 12.1 Å². The lowest BCUT2D eigenvalue weighted by molar-refractivity contribution is -0.133. The Morgan fingerprint density at radius 2 is 1.95 bits per heavy atom. The molecule has 2 N–H and O–H groups in total. The number of hydrogen-bond donors (Lipinski definition) is 1. The van der Waals surface area contributed by atoms with Crippen LogP contribution >= 0.6 is 0 Å². The molecule has 0 bridgehead atoms. The second-order valence-electron chi connectivity index (χ2n) is 5.75. The first-order chi connectivity index (χ1) is 9.58. The van der Waals surface area contributed by atoms with Crippen molar-refractivity contribution in [1.29, 1.82) is 0 Å². The van der Waals surface area contributed by atoms with Crippen LogP contribution in [0.5, 0.6) is 0 Å². The Balaban J connectivity index is 1.67. The Labute approximate surface area is 116 Å². The molecule has 3 rings (SSSR count). The van der Waals surface area contributed by atoms with Crippen LogP contribution < -0.4 is 5.73 Å². The number of piperidine rings is 1. The van der Waals surface area contributed by atoms with Crippen molar-refractivity contribution in [3.8, 4) is 0 Å². The molecule has 1 saturated heterocycles. The summed E-state index contributed by atoms with van der Waals surface area (Å²) in [6, 6.07) is 4.34. The van der Waals surface area contributed by atoms with Crippen LogP contribution in [0.4, 0.5) is 8.78 Å². The third-order valence-corrected chi connectivity index (χ3v) is 4.34. The first kappa shape index (κ1) is 13.5. The van der Waals surface area contributed by atoms with Gasteiger partial charge in [-0.15, -0.1) is 0 Å². The highest BCUT2D eigenvalue weighted by Crippen LogP contribution is 2.49. The number of rotatable bonds is 2. The summed E-state index contributed by atoms with van der Waals surface area (Å²) in [7, 11) is 0. The number of hydrogen-bond acceptors (Lipinski definition) is 2. The van der Waals surface area contributed by atoms with E-state index in [-0.39, 0.29) is 23.8 Å². The summed E-state index contributed by atoms with van der Waals surface area (Å²) in [5.41, 5.74) is 6.15. The van der Waals surface area contributed by atoms with Crippen LogP contribution in [0.15, 0.2) is 18.2 Å². The Morgan fingerprint density at radius 3 is 2.65 bits per heavy atom. The van der Waals surface area contributed by atoms with Gasteiger partial charge in [0.05, 0.1) is 0 Å². The van der Waals surface area contributed by atoms with Crippen molar-refractivity contribution in [2.45, 2.75) is 31.2 Å². The summed E-state index contributed by atoms with van der Waals surface area (Å²) < 4.78 is 26.9. The van der Waals surface area contributed by atoms with E-state index in [4.69, 9.17) is 5.73 Å². The summed E-state index contributed by atoms with van der Waals surface area (Å²) in [5, 5.41) is 0. The van der Waals surface area contributed by atoms with Crippen molar-refractivity contribution in [2.24, 2.45) is 11.7 Å². The number of amides is 1. The molecule has 2 atom stereocenters. The van der Waals surface area contributed by atoms with Crippen LogP contribution in [0.25, 0.3) is 0 Å². The fraction of sp³-hybridized carbons (Fsp3) is 0.533. The lowest BCUT2D eigenvalue weighted by atomic mass is 10.0. The van der Waals surface area contributed by atoms with E-state index in [0.717, 1.165) is 18.9 Å². The predicted octanol–water partition coefficient (Wildman–Crippen LogP) is 2.02. The maximum atomic E-state index is 13.7. The molecule has 108 valence electrons. The molecule has 0 aromatic heterocycles. The van der Waals surface area contributed by atoms with Crippen molar-refractivity contribution < 1.29 is 13.6 Å². The Bertz CT molecular complexity index is 527. The number of nitrogens with zero attached hydrogens (tertiary/aromatic N) is 1. The van der Waals surface area contributed by atoms with Crippen molar-refractivity contribution in [1.82, 2.24) is 4.90 Å². The normalized spacial score (nSPS) is 26.6. The van der Waals surface area contributed by atoms with Crippen LogP contribution in [-0.4, -0.2) is 29.9 Å². The smallest absolute Gasteiger partial charge is 0.226 e. The molecule has 1 saturated carbocycles. The average Bonchev–Trinajstić information content (AvgIpc) is 3.22. The van der Waals surface area contributed by atoms with E-state index in [1.165, 1.54) is 6.07 Å². The van der Waals surface area contributed by atoms with E-state index in [9.17, 15) is 13.6 Å². The second kappa shape index (κ2) is 5.13. The summed E-state index contributed by atoms with van der Waals surface area (Å²) in [5.74, 6) is -1.96. The van der Waals surface area contributed by atoms with E-state index in [0.29, 0.717) is 25.1 Å². The highest BCUT2D eigenvalue weighted by Gasteiger charge is 2.47. The molecule has 2 unspecified atom stereocenters. The maximum absolute atomic E-state index is 13.7. The third kappa shape index (κ3) is 2.42. The minimum atomic E-state index is -0.843. The first-order valence-electron chi connectivity index (χ1n) is 7.06. The summed E-state index contributed by atoms with van der Waals surface area (Å²) in [6.45, 7) is 1.35. The highest BCUT2D eigenvalue weighted by atomic mass is 19.2. The van der Waals surface area contributed by atoms with Gasteiger partial charge in [-0.3, -0.25) is 4.79 Å². The monoisotopic (exact) mass is 280 g/mol. The molecule has 0 spiro atoms. The summed E-state index contributed by atoms with van der Waals surface area (Å²) >= 11 is 0. The molecule has 2 fully saturated rings. The molecular weight excluding hydrogens is 262 g/mol. The third-order valence-electron chi connectivity index (χ3n) is 4.34. The fourth-order valence-electron chi connectivity index (χ4n) is 2.97. The van der Waals surface area contributed by atoms with Crippen molar-refractivity contribution >= 4 is 5.91 Å². The molecule has 1 aliphatic carbocycles. The standard InChI is InChI=1S/C15H18F2N2O/c16-13-3-1-2-10(14(13)17)11-8-12(11)15(20)19-6-4-9(18)5-7-19/h1-3,9,11-12H,4-8,18H2. The Hall–Kier alpha value is -1.49. The SMILES string of the molecule is NC1CCN(C(=O)C2CC2c2cccc(F)c2F)CC1. The molecule has 1 aliphatic heterocycles. The van der Waals surface area contributed by atoms with Gasteiger partial charge in [-0.2, -0.15) is 0 Å². The van der Waals surface area contributed by atoms with Crippen LogP contribution in [0.1, 0.15) is 30.7 Å². The number of likely N-dealkylation sites (tertiary alicyclic amines) is 1. The van der Waals surface area contributed by atoms with Gasteiger partial charge >= 0.3 is 0 Å². The number of carbonyl (C=O) groups is 1. The zero-order valence-corrected chi connectivity index (χ0v) is 11.2. The minimum absolute atomic E-state index is 0.0607. The van der Waals surface area contributed by atoms with Gasteiger partial charge in [-0.05, 0) is 36.8 Å². The number of carbonyl (C=O) groups excluding carboxylic acids is 1. The molecule has 3 nitrogen and oxygen atoms in total. The first-order valence-corrected chi connectivity index (χ1v) is 7.06. The predicted molar refractivity (Wildman–Crippen MR) is 71.0 cm³/mol. The van der Waals surface area contributed by atoms with E-state index in [1.807, 2.05) is 4.90 Å². The molecule has 2 aliphatic rings. The van der Waals surface area contributed by atoms with E-state index in [2.05, 4.69) is 0 Å². The van der Waals surface area contributed by atoms with E-state index >= 15 is 0 Å². The Morgan fingerprint density at radius 1 is 1.25 bits per heavy atom. The van der Waals surface area contributed by atoms with Crippen molar-refractivity contribution in [3.63, 3.8) is 0 Å². The van der Waals surface area contributed by atoms with Gasteiger partial charge in [0.25, 0.3) is 0 Å². The lowest BCUT2D eigenvalue weighted by Gasteiger charge is -2.30. The lowest BCUT2D eigenvalue weighted by Crippen LogP contribution is -2.43. The summed E-state index contributed by atoms with van der Waals surface area (Å²) in [6.07, 6.45) is 2.25. The average molecular weight is 280 g/mol. The molecule has 1 aromatic rings. The van der Waals surface area contributed by atoms with Gasteiger partial charge in [0.1, 0.15) is 0 Å². The van der Waals surface area contributed by atoms with E-state index in [1.54, 1.807) is 6.07 Å². The van der Waals surface area contributed by atoms with Crippen molar-refractivity contribution in [2.75, 3.05) is 13.1 Å². The van der Waals surface area contributed by atoms with Crippen LogP contribution in [0, 0.1) is 17.6 Å². The zero-order chi connectivity index (χ0) is 14.3. The number of halogens is 2. The van der Waals surface area contributed by atoms with E-state index < -0.39 is 11.6 Å². The molecular formula is C15H18F2N2O. The molecule has 1 aromatic carbocycles. The molecule has 1 amide bonds. The zero-order valence-electron chi connectivity index (χ0n) is 11.2. The van der Waals surface area contributed by atoms with Crippen LogP contribution in [0.3, 0.4) is 0 Å². The molecule has 1 heterocycles. The molecule has 5 heteroatoms. The highest BCUT2D eigenvalue weighted by molar-refractivity contribution is 5.83. The molecule has 0 radical (unpaired) electrons. The summed E-state index contributed by atoms with van der Waals surface area (Å²) in [4.78, 5) is 14.1. The van der Waals surface area contributed by atoms with Crippen molar-refractivity contribution in [3.05, 3.63) is 35.4 Å². The maximum Gasteiger partial charge on any atom is 0.226 e. The van der Waals surface area contributed by atoms with Crippen LogP contribution in [-0.2, 0) is 4.79 Å². The number of benzene rings is 1. The largest absolute Gasteiger partial charge is 0.342 e. The quantitative estimate of drug-likeness (QED) is 0.901. The Kier molecular flexibility index (Phi) is 3.46. The van der Waals surface area contributed by atoms with Crippen LogP contribution in [0.2, 0.25) is 0 Å². The van der Waals surface area contributed by atoms with Gasteiger partial charge in [0.2, 0.25) is 5.91 Å².